The Morgan fingerprint density at radius 1 is 1.17 bits per heavy atom. The average Bonchev–Trinajstić information content (AvgIpc) is 2.95. The molecule has 0 unspecified atom stereocenters. The van der Waals surface area contributed by atoms with Crippen molar-refractivity contribution in [2.45, 2.75) is 6.92 Å². The van der Waals surface area contributed by atoms with Gasteiger partial charge in [0, 0.05) is 15.6 Å². The van der Waals surface area contributed by atoms with E-state index in [-0.39, 0.29) is 5.82 Å². The number of primary amides is 1. The number of hydrogen-bond acceptors (Lipinski definition) is 3. The molecule has 1 amide bonds. The molecule has 0 aliphatic heterocycles. The fraction of sp³-hybridized carbons (Fsp3) is 0.0625. The fourth-order valence-electron chi connectivity index (χ4n) is 2.22. The van der Waals surface area contributed by atoms with Gasteiger partial charge >= 0.3 is 0 Å². The van der Waals surface area contributed by atoms with Crippen LogP contribution in [0.3, 0.4) is 0 Å². The molecule has 0 atom stereocenters. The van der Waals surface area contributed by atoms with Gasteiger partial charge in [-0.25, -0.2) is 9.67 Å². The summed E-state index contributed by atoms with van der Waals surface area (Å²) in [5.41, 5.74) is 7.57. The molecule has 116 valence electrons. The van der Waals surface area contributed by atoms with Crippen molar-refractivity contribution >= 4 is 29.1 Å². The highest BCUT2D eigenvalue weighted by Crippen LogP contribution is 2.27. The van der Waals surface area contributed by atoms with E-state index in [1.807, 2.05) is 19.1 Å². The number of aromatic nitrogens is 3. The van der Waals surface area contributed by atoms with Gasteiger partial charge in [-0.1, -0.05) is 41.4 Å². The Balaban J connectivity index is 2.27. The minimum absolute atomic E-state index is 0.0700. The lowest BCUT2D eigenvalue weighted by Crippen LogP contribution is -2.13. The van der Waals surface area contributed by atoms with Crippen molar-refractivity contribution in [2.24, 2.45) is 5.73 Å². The summed E-state index contributed by atoms with van der Waals surface area (Å²) in [4.78, 5) is 15.7. The Hall–Kier alpha value is -2.37. The van der Waals surface area contributed by atoms with Gasteiger partial charge in [-0.05, 0) is 36.8 Å². The highest BCUT2D eigenvalue weighted by Gasteiger charge is 2.18. The van der Waals surface area contributed by atoms with Crippen LogP contribution in [0.4, 0.5) is 0 Å². The number of hydrogen-bond donors (Lipinski definition) is 1. The van der Waals surface area contributed by atoms with Crippen LogP contribution in [-0.4, -0.2) is 20.7 Å². The van der Waals surface area contributed by atoms with Crippen LogP contribution >= 0.6 is 23.2 Å². The monoisotopic (exact) mass is 346 g/mol. The molecule has 0 saturated carbocycles. The van der Waals surface area contributed by atoms with E-state index in [1.165, 1.54) is 0 Å². The molecule has 23 heavy (non-hydrogen) atoms. The van der Waals surface area contributed by atoms with Crippen LogP contribution in [0.2, 0.25) is 10.0 Å². The summed E-state index contributed by atoms with van der Waals surface area (Å²) in [5, 5.41) is 5.37. The summed E-state index contributed by atoms with van der Waals surface area (Å²) < 4.78 is 1.55. The second-order valence-corrected chi connectivity index (χ2v) is 5.77. The predicted octanol–water partition coefficient (Wildman–Crippen LogP) is 3.65. The lowest BCUT2D eigenvalue weighted by molar-refractivity contribution is 0.0990. The summed E-state index contributed by atoms with van der Waals surface area (Å²) in [6.07, 6.45) is 0. The molecule has 0 fully saturated rings. The van der Waals surface area contributed by atoms with Crippen LogP contribution in [0, 0.1) is 6.92 Å². The minimum atomic E-state index is -0.702. The number of nitrogens with two attached hydrogens (primary N) is 1. The molecule has 2 aromatic carbocycles. The second kappa shape index (κ2) is 6.02. The Labute approximate surface area is 142 Å². The molecule has 3 rings (SSSR count). The first-order valence-corrected chi connectivity index (χ1v) is 7.51. The van der Waals surface area contributed by atoms with E-state index in [2.05, 4.69) is 10.1 Å². The average molecular weight is 347 g/mol. The smallest absolute Gasteiger partial charge is 0.288 e. The van der Waals surface area contributed by atoms with Crippen molar-refractivity contribution in [3.8, 4) is 17.1 Å². The molecule has 1 heterocycles. The Kier molecular flexibility index (Phi) is 4.07. The molecule has 1 aromatic heterocycles. The van der Waals surface area contributed by atoms with E-state index < -0.39 is 5.91 Å². The zero-order valence-electron chi connectivity index (χ0n) is 12.1. The third-order valence-corrected chi connectivity index (χ3v) is 4.02. The van der Waals surface area contributed by atoms with Crippen LogP contribution in [0.25, 0.3) is 17.1 Å². The minimum Gasteiger partial charge on any atom is -0.363 e. The molecule has 2 N–H and O–H groups in total. The lowest BCUT2D eigenvalue weighted by atomic mass is 10.1. The van der Waals surface area contributed by atoms with Crippen LogP contribution in [0.15, 0.2) is 42.5 Å². The van der Waals surface area contributed by atoms with E-state index >= 15 is 0 Å². The van der Waals surface area contributed by atoms with E-state index in [4.69, 9.17) is 28.9 Å². The Morgan fingerprint density at radius 3 is 2.61 bits per heavy atom. The van der Waals surface area contributed by atoms with E-state index in [0.29, 0.717) is 21.6 Å². The largest absolute Gasteiger partial charge is 0.363 e. The molecule has 0 bridgehead atoms. The van der Waals surface area contributed by atoms with Gasteiger partial charge in [-0.2, -0.15) is 0 Å². The topological polar surface area (TPSA) is 73.8 Å². The van der Waals surface area contributed by atoms with Gasteiger partial charge in [-0.3, -0.25) is 4.79 Å². The molecule has 0 saturated heterocycles. The number of halogens is 2. The Morgan fingerprint density at radius 2 is 1.91 bits per heavy atom. The van der Waals surface area contributed by atoms with Crippen molar-refractivity contribution in [1.29, 1.82) is 0 Å². The number of benzene rings is 2. The quantitative estimate of drug-likeness (QED) is 0.786. The van der Waals surface area contributed by atoms with Gasteiger partial charge in [-0.15, -0.1) is 5.10 Å². The predicted molar refractivity (Wildman–Crippen MR) is 90.1 cm³/mol. The van der Waals surface area contributed by atoms with E-state index in [0.717, 1.165) is 11.1 Å². The normalized spacial score (nSPS) is 10.7. The number of amides is 1. The summed E-state index contributed by atoms with van der Waals surface area (Å²) in [7, 11) is 0. The molecule has 5 nitrogen and oxygen atoms in total. The van der Waals surface area contributed by atoms with E-state index in [1.54, 1.807) is 35.0 Å². The molecule has 7 heteroatoms. The SMILES string of the molecule is Cc1c(Cl)cccc1-n1nc(C(N)=O)nc1-c1cccc(Cl)c1. The van der Waals surface area contributed by atoms with Crippen molar-refractivity contribution < 1.29 is 4.79 Å². The molecule has 0 spiro atoms. The number of carbonyl (C=O) groups excluding carboxylic acids is 1. The van der Waals surface area contributed by atoms with Crippen molar-refractivity contribution in [2.75, 3.05) is 0 Å². The fourth-order valence-corrected chi connectivity index (χ4v) is 2.58. The highest BCUT2D eigenvalue weighted by molar-refractivity contribution is 6.31. The maximum atomic E-state index is 11.5. The van der Waals surface area contributed by atoms with Crippen LogP contribution in [-0.2, 0) is 0 Å². The molecule has 0 aliphatic rings. The lowest BCUT2D eigenvalue weighted by Gasteiger charge is -2.10. The third-order valence-electron chi connectivity index (χ3n) is 3.38. The maximum absolute atomic E-state index is 11.5. The first-order chi connectivity index (χ1) is 11.0. The first-order valence-electron chi connectivity index (χ1n) is 6.75. The van der Waals surface area contributed by atoms with Gasteiger partial charge in [0.1, 0.15) is 0 Å². The Bertz CT molecular complexity index is 905. The molecular formula is C16H12Cl2N4O. The summed E-state index contributed by atoms with van der Waals surface area (Å²) in [6.45, 7) is 1.87. The zero-order chi connectivity index (χ0) is 16.6. The van der Waals surface area contributed by atoms with Crippen LogP contribution < -0.4 is 5.73 Å². The standard InChI is InChI=1S/C16H12Cl2N4O/c1-9-12(18)6-3-7-13(9)22-16(20-15(21-22)14(19)23)10-4-2-5-11(17)8-10/h2-8H,1H3,(H2,19,23). The molecule has 3 aromatic rings. The number of rotatable bonds is 3. The van der Waals surface area contributed by atoms with Crippen molar-refractivity contribution in [1.82, 2.24) is 14.8 Å². The first kappa shape index (κ1) is 15.5. The highest BCUT2D eigenvalue weighted by atomic mass is 35.5. The van der Waals surface area contributed by atoms with Crippen LogP contribution in [0.1, 0.15) is 16.2 Å². The number of nitrogens with zero attached hydrogens (tertiary/aromatic N) is 3. The van der Waals surface area contributed by atoms with Gasteiger partial charge in [0.2, 0.25) is 5.82 Å². The van der Waals surface area contributed by atoms with Gasteiger partial charge in [0.25, 0.3) is 5.91 Å². The van der Waals surface area contributed by atoms with Crippen LogP contribution in [0.5, 0.6) is 0 Å². The summed E-state index contributed by atoms with van der Waals surface area (Å²) >= 11 is 12.2. The zero-order valence-corrected chi connectivity index (χ0v) is 13.6. The van der Waals surface area contributed by atoms with Crippen molar-refractivity contribution in [3.05, 3.63) is 63.9 Å². The maximum Gasteiger partial charge on any atom is 0.288 e. The molecular weight excluding hydrogens is 335 g/mol. The molecule has 0 radical (unpaired) electrons. The third kappa shape index (κ3) is 2.93. The van der Waals surface area contributed by atoms with E-state index in [9.17, 15) is 4.79 Å². The van der Waals surface area contributed by atoms with Gasteiger partial charge < -0.3 is 5.73 Å². The second-order valence-electron chi connectivity index (χ2n) is 4.93. The van der Waals surface area contributed by atoms with Gasteiger partial charge in [0.15, 0.2) is 5.82 Å². The molecule has 0 aliphatic carbocycles. The summed E-state index contributed by atoms with van der Waals surface area (Å²) in [5.74, 6) is -0.308. The summed E-state index contributed by atoms with van der Waals surface area (Å²) in [6, 6.07) is 12.6. The van der Waals surface area contributed by atoms with Crippen molar-refractivity contribution in [3.63, 3.8) is 0 Å². The number of carbonyl (C=O) groups is 1. The van der Waals surface area contributed by atoms with Gasteiger partial charge in [0.05, 0.1) is 5.69 Å².